The maximum atomic E-state index is 13.4. The second-order valence-electron chi connectivity index (χ2n) is 3.58. The van der Waals surface area contributed by atoms with Gasteiger partial charge in [0.15, 0.2) is 0 Å². The third-order valence-electron chi connectivity index (χ3n) is 2.43. The molecular weight excluding hydrogens is 243 g/mol. The van der Waals surface area contributed by atoms with Crippen LogP contribution in [0.15, 0.2) is 36.9 Å². The van der Waals surface area contributed by atoms with Crippen LogP contribution in [0.5, 0.6) is 0 Å². The van der Waals surface area contributed by atoms with Gasteiger partial charge in [0.1, 0.15) is 5.82 Å². The zero-order valence-corrected chi connectivity index (χ0v) is 9.60. The Bertz CT molecular complexity index is 521. The van der Waals surface area contributed by atoms with Crippen LogP contribution >= 0.6 is 11.6 Å². The average molecular weight is 253 g/mol. The Morgan fingerprint density at radius 1 is 1.24 bits per heavy atom. The molecule has 0 fully saturated rings. The number of aliphatic hydroxyl groups excluding tert-OH is 1. The maximum Gasteiger partial charge on any atom is 0.147 e. The molecule has 0 amide bonds. The van der Waals surface area contributed by atoms with E-state index < -0.39 is 11.9 Å². The van der Waals surface area contributed by atoms with Gasteiger partial charge in [-0.05, 0) is 17.7 Å². The quantitative estimate of drug-likeness (QED) is 0.913. The lowest BCUT2D eigenvalue weighted by molar-refractivity contribution is 0.173. The summed E-state index contributed by atoms with van der Waals surface area (Å²) in [6.45, 7) is 0. The number of pyridine rings is 2. The molecule has 0 aliphatic carbocycles. The Labute approximate surface area is 103 Å². The van der Waals surface area contributed by atoms with Gasteiger partial charge in [-0.15, -0.1) is 0 Å². The van der Waals surface area contributed by atoms with Crippen molar-refractivity contribution in [2.45, 2.75) is 12.5 Å². The van der Waals surface area contributed by atoms with Crippen molar-refractivity contribution in [3.8, 4) is 0 Å². The Balaban J connectivity index is 2.20. The third kappa shape index (κ3) is 2.78. The van der Waals surface area contributed by atoms with Crippen molar-refractivity contribution in [2.75, 3.05) is 0 Å². The number of halogens is 2. The van der Waals surface area contributed by atoms with E-state index in [9.17, 15) is 9.50 Å². The number of hydrogen-bond donors (Lipinski definition) is 1. The van der Waals surface area contributed by atoms with Crippen molar-refractivity contribution < 1.29 is 9.50 Å². The highest BCUT2D eigenvalue weighted by molar-refractivity contribution is 6.31. The van der Waals surface area contributed by atoms with Gasteiger partial charge in [-0.3, -0.25) is 9.97 Å². The second kappa shape index (κ2) is 5.21. The molecule has 1 unspecified atom stereocenters. The van der Waals surface area contributed by atoms with Gasteiger partial charge < -0.3 is 5.11 Å². The molecule has 2 heterocycles. The maximum absolute atomic E-state index is 13.4. The first kappa shape index (κ1) is 12.0. The molecule has 1 N–H and O–H groups in total. The van der Waals surface area contributed by atoms with Gasteiger partial charge in [0.2, 0.25) is 0 Å². The van der Waals surface area contributed by atoms with E-state index in [2.05, 4.69) is 9.97 Å². The summed E-state index contributed by atoms with van der Waals surface area (Å²) in [7, 11) is 0. The van der Waals surface area contributed by atoms with Crippen molar-refractivity contribution >= 4 is 11.6 Å². The first-order chi connectivity index (χ1) is 8.18. The zero-order valence-electron chi connectivity index (χ0n) is 8.85. The third-order valence-corrected chi connectivity index (χ3v) is 2.77. The predicted octanol–water partition coefficient (Wildman–Crippen LogP) is 2.55. The predicted molar refractivity (Wildman–Crippen MR) is 62.1 cm³/mol. The summed E-state index contributed by atoms with van der Waals surface area (Å²) in [6, 6.07) is 3.15. The van der Waals surface area contributed by atoms with Crippen LogP contribution in [-0.2, 0) is 6.42 Å². The fraction of sp³-hybridized carbons (Fsp3) is 0.167. The minimum atomic E-state index is -0.946. The Morgan fingerprint density at radius 2 is 1.94 bits per heavy atom. The lowest BCUT2D eigenvalue weighted by Gasteiger charge is -2.12. The van der Waals surface area contributed by atoms with Gasteiger partial charge in [-0.2, -0.15) is 0 Å². The zero-order chi connectivity index (χ0) is 12.3. The number of nitrogens with zero attached hydrogens (tertiary/aromatic N) is 2. The summed E-state index contributed by atoms with van der Waals surface area (Å²) < 4.78 is 13.4. The molecule has 0 spiro atoms. The Hall–Kier alpha value is -1.52. The van der Waals surface area contributed by atoms with Crippen molar-refractivity contribution in [3.63, 3.8) is 0 Å². The second-order valence-corrected chi connectivity index (χ2v) is 3.99. The normalized spacial score (nSPS) is 12.4. The summed E-state index contributed by atoms with van der Waals surface area (Å²) >= 11 is 5.92. The summed E-state index contributed by atoms with van der Waals surface area (Å²) in [6.07, 6.45) is 4.88. The fourth-order valence-electron chi connectivity index (χ4n) is 1.54. The number of aromatic nitrogens is 2. The molecule has 17 heavy (non-hydrogen) atoms. The summed E-state index contributed by atoms with van der Waals surface area (Å²) in [5, 5.41) is 10.4. The van der Waals surface area contributed by atoms with Crippen LogP contribution in [0, 0.1) is 5.82 Å². The van der Waals surface area contributed by atoms with Crippen molar-refractivity contribution in [1.82, 2.24) is 9.97 Å². The molecule has 0 saturated heterocycles. The largest absolute Gasteiger partial charge is 0.388 e. The summed E-state index contributed by atoms with van der Waals surface area (Å²) in [5.41, 5.74) is 0.943. The molecule has 0 bridgehead atoms. The Morgan fingerprint density at radius 3 is 2.65 bits per heavy atom. The highest BCUT2D eigenvalue weighted by Crippen LogP contribution is 2.23. The van der Waals surface area contributed by atoms with Crippen LogP contribution in [0.2, 0.25) is 5.02 Å². The van der Waals surface area contributed by atoms with E-state index in [0.717, 1.165) is 11.8 Å². The van der Waals surface area contributed by atoms with Crippen LogP contribution in [0.1, 0.15) is 17.2 Å². The molecule has 2 rings (SSSR count). The first-order valence-electron chi connectivity index (χ1n) is 5.04. The highest BCUT2D eigenvalue weighted by Gasteiger charge is 2.14. The topological polar surface area (TPSA) is 46.0 Å². The molecular formula is C12H10ClFN2O. The molecule has 88 valence electrons. The van der Waals surface area contributed by atoms with Gasteiger partial charge in [-0.1, -0.05) is 11.6 Å². The highest BCUT2D eigenvalue weighted by atomic mass is 35.5. The van der Waals surface area contributed by atoms with Crippen molar-refractivity contribution in [3.05, 3.63) is 58.9 Å². The summed E-state index contributed by atoms with van der Waals surface area (Å²) in [5.74, 6) is -0.523. The summed E-state index contributed by atoms with van der Waals surface area (Å²) in [4.78, 5) is 7.47. The van der Waals surface area contributed by atoms with Gasteiger partial charge in [-0.25, -0.2) is 4.39 Å². The van der Waals surface area contributed by atoms with E-state index in [4.69, 9.17) is 11.6 Å². The van der Waals surface area contributed by atoms with Crippen LogP contribution in [0.4, 0.5) is 4.39 Å². The number of aliphatic hydroxyl groups is 1. The van der Waals surface area contributed by atoms with E-state index in [-0.39, 0.29) is 12.0 Å². The lowest BCUT2D eigenvalue weighted by Crippen LogP contribution is -2.05. The van der Waals surface area contributed by atoms with E-state index in [0.29, 0.717) is 5.02 Å². The number of hydrogen-bond acceptors (Lipinski definition) is 3. The van der Waals surface area contributed by atoms with Crippen LogP contribution in [0.25, 0.3) is 0 Å². The molecule has 0 aromatic carbocycles. The van der Waals surface area contributed by atoms with E-state index >= 15 is 0 Å². The van der Waals surface area contributed by atoms with E-state index in [1.807, 2.05) is 0 Å². The molecule has 0 aliphatic rings. The van der Waals surface area contributed by atoms with Crippen molar-refractivity contribution in [2.24, 2.45) is 0 Å². The van der Waals surface area contributed by atoms with Gasteiger partial charge in [0, 0.05) is 30.6 Å². The smallest absolute Gasteiger partial charge is 0.147 e. The first-order valence-corrected chi connectivity index (χ1v) is 5.42. The lowest BCUT2D eigenvalue weighted by atomic mass is 10.0. The van der Waals surface area contributed by atoms with Gasteiger partial charge in [0.05, 0.1) is 17.3 Å². The van der Waals surface area contributed by atoms with Crippen LogP contribution in [-0.4, -0.2) is 15.1 Å². The molecule has 1 atom stereocenters. The molecule has 5 heteroatoms. The molecule has 2 aromatic rings. The minimum Gasteiger partial charge on any atom is -0.388 e. The van der Waals surface area contributed by atoms with Crippen molar-refractivity contribution in [1.29, 1.82) is 0 Å². The van der Waals surface area contributed by atoms with E-state index in [1.54, 1.807) is 12.3 Å². The monoisotopic (exact) mass is 252 g/mol. The molecule has 0 saturated carbocycles. The molecule has 0 aliphatic heterocycles. The average Bonchev–Trinajstić information content (AvgIpc) is 2.32. The molecule has 3 nitrogen and oxygen atoms in total. The molecule has 2 aromatic heterocycles. The molecule has 0 radical (unpaired) electrons. The SMILES string of the molecule is OC(Cc1ccncc1Cl)c1ccncc1F. The van der Waals surface area contributed by atoms with Crippen LogP contribution < -0.4 is 0 Å². The fourth-order valence-corrected chi connectivity index (χ4v) is 1.74. The Kier molecular flexibility index (Phi) is 3.66. The van der Waals surface area contributed by atoms with Gasteiger partial charge >= 0.3 is 0 Å². The van der Waals surface area contributed by atoms with Gasteiger partial charge in [0.25, 0.3) is 0 Å². The number of rotatable bonds is 3. The van der Waals surface area contributed by atoms with E-state index in [1.165, 1.54) is 18.5 Å². The van der Waals surface area contributed by atoms with Crippen LogP contribution in [0.3, 0.4) is 0 Å². The standard InChI is InChI=1S/C12H10ClFN2O/c13-10-6-15-3-1-8(10)5-12(17)9-2-4-16-7-11(9)14/h1-4,6-7,12,17H,5H2. The minimum absolute atomic E-state index is 0.216.